The van der Waals surface area contributed by atoms with Crippen LogP contribution in [0.4, 0.5) is 11.4 Å². The van der Waals surface area contributed by atoms with Crippen molar-refractivity contribution in [2.75, 3.05) is 5.32 Å². The van der Waals surface area contributed by atoms with Gasteiger partial charge in [0, 0.05) is 12.2 Å². The largest absolute Gasteiger partial charge is 0.376 e. The lowest BCUT2D eigenvalue weighted by Gasteiger charge is -2.28. The maximum Gasteiger partial charge on any atom is 0.301 e. The second-order valence-electron chi connectivity index (χ2n) is 6.37. The molecule has 0 amide bonds. The van der Waals surface area contributed by atoms with Crippen molar-refractivity contribution in [2.45, 2.75) is 39.2 Å². The van der Waals surface area contributed by atoms with E-state index in [-0.39, 0.29) is 22.1 Å². The van der Waals surface area contributed by atoms with Gasteiger partial charge in [-0.3, -0.25) is 15.1 Å². The van der Waals surface area contributed by atoms with Crippen molar-refractivity contribution in [3.05, 3.63) is 40.6 Å². The zero-order chi connectivity index (χ0) is 15.0. The monoisotopic (exact) mass is 285 g/mol. The van der Waals surface area contributed by atoms with Crippen LogP contribution in [0.3, 0.4) is 0 Å². The Morgan fingerprint density at radius 2 is 2.19 bits per heavy atom. The van der Waals surface area contributed by atoms with Gasteiger partial charge in [0.25, 0.3) is 0 Å². The van der Waals surface area contributed by atoms with Gasteiger partial charge < -0.3 is 5.32 Å². The number of pyridine rings is 1. The lowest BCUT2D eigenvalue weighted by Crippen LogP contribution is -2.31. The molecule has 1 aromatic carbocycles. The smallest absolute Gasteiger partial charge is 0.301 e. The molecular weight excluding hydrogens is 266 g/mol. The summed E-state index contributed by atoms with van der Waals surface area (Å²) in [6, 6.07) is 7.38. The number of nitro groups is 1. The Labute approximate surface area is 123 Å². The van der Waals surface area contributed by atoms with Gasteiger partial charge in [0.1, 0.15) is 5.69 Å². The topological polar surface area (TPSA) is 68.1 Å². The van der Waals surface area contributed by atoms with E-state index < -0.39 is 0 Å². The maximum absolute atomic E-state index is 11.5. The molecule has 1 fully saturated rings. The Kier molecular flexibility index (Phi) is 3.27. The van der Waals surface area contributed by atoms with Gasteiger partial charge in [-0.05, 0) is 42.5 Å². The van der Waals surface area contributed by atoms with Crippen LogP contribution in [-0.4, -0.2) is 15.9 Å². The van der Waals surface area contributed by atoms with Crippen LogP contribution in [0.1, 0.15) is 33.1 Å². The number of nitrogens with zero attached hydrogens (tertiary/aromatic N) is 2. The summed E-state index contributed by atoms with van der Waals surface area (Å²) in [4.78, 5) is 15.4. The zero-order valence-corrected chi connectivity index (χ0v) is 12.3. The number of aromatic nitrogens is 1. The fourth-order valence-electron chi connectivity index (χ4n) is 3.23. The third-order valence-electron chi connectivity index (χ3n) is 4.53. The van der Waals surface area contributed by atoms with E-state index in [1.807, 2.05) is 6.07 Å². The third-order valence-corrected chi connectivity index (χ3v) is 4.53. The molecule has 1 saturated carbocycles. The van der Waals surface area contributed by atoms with E-state index in [0.29, 0.717) is 16.6 Å². The molecule has 1 atom stereocenters. The number of benzene rings is 1. The molecule has 21 heavy (non-hydrogen) atoms. The SMILES string of the molecule is CC1(C)CCCC1Nc1ccc2ncccc2c1[N+](=O)[O-]. The van der Waals surface area contributed by atoms with Crippen molar-refractivity contribution >= 4 is 22.3 Å². The minimum atomic E-state index is -0.311. The lowest BCUT2D eigenvalue weighted by atomic mass is 9.87. The molecular formula is C16H19N3O2. The van der Waals surface area contributed by atoms with Gasteiger partial charge in [0.2, 0.25) is 0 Å². The Morgan fingerprint density at radius 1 is 1.38 bits per heavy atom. The quantitative estimate of drug-likeness (QED) is 0.680. The van der Waals surface area contributed by atoms with E-state index in [1.165, 1.54) is 0 Å². The molecule has 5 nitrogen and oxygen atoms in total. The normalized spacial score (nSPS) is 20.6. The minimum absolute atomic E-state index is 0.128. The van der Waals surface area contributed by atoms with Crippen LogP contribution >= 0.6 is 0 Å². The number of nitrogens with one attached hydrogen (secondary N) is 1. The summed E-state index contributed by atoms with van der Waals surface area (Å²) in [5.74, 6) is 0. The summed E-state index contributed by atoms with van der Waals surface area (Å²) < 4.78 is 0. The van der Waals surface area contributed by atoms with Crippen LogP contribution in [0.5, 0.6) is 0 Å². The summed E-state index contributed by atoms with van der Waals surface area (Å²) in [6.45, 7) is 4.43. The van der Waals surface area contributed by atoms with Crippen LogP contribution in [0.25, 0.3) is 10.9 Å². The number of hydrogen-bond donors (Lipinski definition) is 1. The van der Waals surface area contributed by atoms with Crippen molar-refractivity contribution in [2.24, 2.45) is 5.41 Å². The van der Waals surface area contributed by atoms with E-state index in [4.69, 9.17) is 0 Å². The highest BCUT2D eigenvalue weighted by atomic mass is 16.6. The van der Waals surface area contributed by atoms with Crippen LogP contribution < -0.4 is 5.32 Å². The van der Waals surface area contributed by atoms with Crippen LogP contribution in [0.2, 0.25) is 0 Å². The van der Waals surface area contributed by atoms with E-state index in [2.05, 4.69) is 24.1 Å². The van der Waals surface area contributed by atoms with Gasteiger partial charge in [0.05, 0.1) is 15.8 Å². The Morgan fingerprint density at radius 3 is 2.86 bits per heavy atom. The molecule has 0 radical (unpaired) electrons. The average Bonchev–Trinajstić information content (AvgIpc) is 2.77. The first-order chi connectivity index (χ1) is 9.99. The number of nitro benzene ring substituents is 1. The van der Waals surface area contributed by atoms with Gasteiger partial charge in [-0.2, -0.15) is 0 Å². The molecule has 2 aromatic rings. The first-order valence-electron chi connectivity index (χ1n) is 7.28. The summed E-state index contributed by atoms with van der Waals surface area (Å²) in [5.41, 5.74) is 1.54. The molecule has 1 aliphatic rings. The summed E-state index contributed by atoms with van der Waals surface area (Å²) in [7, 11) is 0. The van der Waals surface area contributed by atoms with Crippen molar-refractivity contribution in [3.8, 4) is 0 Å². The number of rotatable bonds is 3. The molecule has 5 heteroatoms. The Bertz CT molecular complexity index is 697. The van der Waals surface area contributed by atoms with E-state index in [9.17, 15) is 10.1 Å². The van der Waals surface area contributed by atoms with E-state index in [1.54, 1.807) is 24.4 Å². The molecule has 0 bridgehead atoms. The summed E-state index contributed by atoms with van der Waals surface area (Å²) in [6.07, 6.45) is 5.01. The highest BCUT2D eigenvalue weighted by Crippen LogP contribution is 2.41. The second kappa shape index (κ2) is 4.98. The predicted molar refractivity (Wildman–Crippen MR) is 83.4 cm³/mol. The molecule has 1 unspecified atom stereocenters. The van der Waals surface area contributed by atoms with Crippen molar-refractivity contribution in [1.82, 2.24) is 4.98 Å². The van der Waals surface area contributed by atoms with Crippen LogP contribution in [0, 0.1) is 15.5 Å². The molecule has 1 aliphatic carbocycles. The second-order valence-corrected chi connectivity index (χ2v) is 6.37. The molecule has 3 rings (SSSR count). The molecule has 1 heterocycles. The fraction of sp³-hybridized carbons (Fsp3) is 0.438. The van der Waals surface area contributed by atoms with Gasteiger partial charge in [0.15, 0.2) is 0 Å². The van der Waals surface area contributed by atoms with Gasteiger partial charge in [-0.15, -0.1) is 0 Å². The summed E-state index contributed by atoms with van der Waals surface area (Å²) in [5, 5.41) is 15.5. The summed E-state index contributed by atoms with van der Waals surface area (Å²) >= 11 is 0. The number of anilines is 1. The standard InChI is InChI=1S/C16H19N3O2/c1-16(2)9-3-6-14(16)18-13-8-7-12-11(5-4-10-17-12)15(13)19(20)21/h4-5,7-8,10,14,18H,3,6,9H2,1-2H3. The lowest BCUT2D eigenvalue weighted by molar-refractivity contribution is -0.382. The molecule has 1 aromatic heterocycles. The highest BCUT2D eigenvalue weighted by molar-refractivity contribution is 5.94. The maximum atomic E-state index is 11.5. The molecule has 110 valence electrons. The fourth-order valence-corrected chi connectivity index (χ4v) is 3.23. The first-order valence-corrected chi connectivity index (χ1v) is 7.28. The van der Waals surface area contributed by atoms with Crippen molar-refractivity contribution < 1.29 is 4.92 Å². The predicted octanol–water partition coefficient (Wildman–Crippen LogP) is 4.13. The Hall–Kier alpha value is -2.17. The molecule has 0 aliphatic heterocycles. The van der Waals surface area contributed by atoms with Crippen LogP contribution in [-0.2, 0) is 0 Å². The highest BCUT2D eigenvalue weighted by Gasteiger charge is 2.35. The van der Waals surface area contributed by atoms with Crippen LogP contribution in [0.15, 0.2) is 30.5 Å². The van der Waals surface area contributed by atoms with Crippen molar-refractivity contribution in [1.29, 1.82) is 0 Å². The van der Waals surface area contributed by atoms with E-state index in [0.717, 1.165) is 19.3 Å². The molecule has 1 N–H and O–H groups in total. The van der Waals surface area contributed by atoms with Gasteiger partial charge >= 0.3 is 5.69 Å². The number of fused-ring (bicyclic) bond motifs is 1. The average molecular weight is 285 g/mol. The number of hydrogen-bond acceptors (Lipinski definition) is 4. The van der Waals surface area contributed by atoms with Crippen molar-refractivity contribution in [3.63, 3.8) is 0 Å². The first kappa shape index (κ1) is 13.8. The third kappa shape index (κ3) is 2.44. The minimum Gasteiger partial charge on any atom is -0.376 e. The van der Waals surface area contributed by atoms with Gasteiger partial charge in [-0.1, -0.05) is 20.3 Å². The molecule has 0 spiro atoms. The van der Waals surface area contributed by atoms with Gasteiger partial charge in [-0.25, -0.2) is 0 Å². The van der Waals surface area contributed by atoms with E-state index >= 15 is 0 Å². The Balaban J connectivity index is 2.06. The molecule has 0 saturated heterocycles. The zero-order valence-electron chi connectivity index (χ0n) is 12.3.